The lowest BCUT2D eigenvalue weighted by atomic mass is 10.0. The Kier molecular flexibility index (Phi) is 6.78. The number of hydrogen-bond acceptors (Lipinski definition) is 9. The van der Waals surface area contributed by atoms with E-state index >= 15 is 0 Å². The lowest BCUT2D eigenvalue weighted by Crippen LogP contribution is -2.54. The highest BCUT2D eigenvalue weighted by atomic mass is 16.2. The fraction of sp³-hybridized carbons (Fsp3) is 0.156. The van der Waals surface area contributed by atoms with Gasteiger partial charge in [-0.3, -0.25) is 34.4 Å². The van der Waals surface area contributed by atoms with Gasteiger partial charge in [0, 0.05) is 42.6 Å². The smallest absolute Gasteiger partial charge is 0.262 e. The largest absolute Gasteiger partial charge is 0.383 e. The highest BCUT2D eigenvalue weighted by Gasteiger charge is 2.44. The molecule has 44 heavy (non-hydrogen) atoms. The molecular formula is C32H26N8O4. The zero-order chi connectivity index (χ0) is 30.2. The number of hydrogen-bond donors (Lipinski definition) is 3. The molecule has 1 unspecified atom stereocenters. The van der Waals surface area contributed by atoms with Gasteiger partial charge in [0.2, 0.25) is 11.8 Å². The Balaban J connectivity index is 0.969. The molecule has 3 N–H and O–H groups in total. The summed E-state index contributed by atoms with van der Waals surface area (Å²) in [5.74, 6) is -2.09. The molecule has 2 aliphatic rings. The molecule has 0 radical (unpaired) electrons. The number of amides is 4. The van der Waals surface area contributed by atoms with E-state index in [2.05, 4.69) is 26.0 Å². The molecule has 7 rings (SSSR count). The number of anilines is 2. The summed E-state index contributed by atoms with van der Waals surface area (Å²) in [6.45, 7) is 1.11. The molecule has 2 aliphatic heterocycles. The molecule has 4 amide bonds. The van der Waals surface area contributed by atoms with Crippen LogP contribution in [0.3, 0.4) is 0 Å². The first-order valence-electron chi connectivity index (χ1n) is 14.2. The number of piperidine rings is 1. The standard InChI is InChI=1S/C32H26N8O4/c41-29-11-10-28(30(42)38-29)40-31(43)23-9-8-21(15-24(23)32(40)44)34-13-12-33-20-4-3-5-22(14-20)39-18-19(16-36-39)27-17-35-25-6-1-2-7-26(25)37-27/h1-9,14-18,28,33-34H,10-13H2,(H,38,41,42). The Labute approximate surface area is 251 Å². The maximum atomic E-state index is 13.1. The lowest BCUT2D eigenvalue weighted by Gasteiger charge is -2.27. The summed E-state index contributed by atoms with van der Waals surface area (Å²) < 4.78 is 1.79. The third kappa shape index (κ3) is 5.02. The number of nitrogens with zero attached hydrogens (tertiary/aromatic N) is 5. The summed E-state index contributed by atoms with van der Waals surface area (Å²) in [6, 6.07) is 19.5. The van der Waals surface area contributed by atoms with Crippen LogP contribution < -0.4 is 16.0 Å². The number of para-hydroxylation sites is 2. The van der Waals surface area contributed by atoms with Crippen LogP contribution in [0.5, 0.6) is 0 Å². The Bertz CT molecular complexity index is 1970. The maximum Gasteiger partial charge on any atom is 0.262 e. The second-order valence-corrected chi connectivity index (χ2v) is 10.5. The first-order valence-corrected chi connectivity index (χ1v) is 14.2. The van der Waals surface area contributed by atoms with Gasteiger partial charge in [-0.25, -0.2) is 9.67 Å². The topological polar surface area (TPSA) is 151 Å². The summed E-state index contributed by atoms with van der Waals surface area (Å²) in [5, 5.41) is 13.4. The highest BCUT2D eigenvalue weighted by molar-refractivity contribution is 6.23. The summed E-state index contributed by atoms with van der Waals surface area (Å²) >= 11 is 0. The third-order valence-corrected chi connectivity index (χ3v) is 7.66. The first-order chi connectivity index (χ1) is 21.4. The summed E-state index contributed by atoms with van der Waals surface area (Å²) in [6.07, 6.45) is 5.63. The van der Waals surface area contributed by atoms with Crippen molar-refractivity contribution in [2.75, 3.05) is 23.7 Å². The van der Waals surface area contributed by atoms with Crippen molar-refractivity contribution in [3.63, 3.8) is 0 Å². The lowest BCUT2D eigenvalue weighted by molar-refractivity contribution is -0.136. The third-order valence-electron chi connectivity index (χ3n) is 7.66. The summed E-state index contributed by atoms with van der Waals surface area (Å²) in [5.41, 5.74) is 6.21. The molecule has 3 aromatic carbocycles. The van der Waals surface area contributed by atoms with Gasteiger partial charge >= 0.3 is 0 Å². The number of aromatic nitrogens is 4. The number of benzene rings is 3. The molecule has 0 bridgehead atoms. The average Bonchev–Trinajstić information content (AvgIpc) is 3.63. The van der Waals surface area contributed by atoms with Crippen molar-refractivity contribution < 1.29 is 19.2 Å². The molecule has 2 aromatic heterocycles. The molecule has 0 aliphatic carbocycles. The van der Waals surface area contributed by atoms with Crippen LogP contribution in [-0.2, 0) is 9.59 Å². The van der Waals surface area contributed by atoms with Crippen LogP contribution >= 0.6 is 0 Å². The summed E-state index contributed by atoms with van der Waals surface area (Å²) in [7, 11) is 0. The van der Waals surface area contributed by atoms with Gasteiger partial charge in [-0.2, -0.15) is 5.10 Å². The summed E-state index contributed by atoms with van der Waals surface area (Å²) in [4.78, 5) is 59.9. The van der Waals surface area contributed by atoms with Crippen LogP contribution in [0.1, 0.15) is 33.6 Å². The van der Waals surface area contributed by atoms with Crippen LogP contribution in [0.4, 0.5) is 11.4 Å². The second-order valence-electron chi connectivity index (χ2n) is 10.5. The van der Waals surface area contributed by atoms with E-state index in [1.807, 2.05) is 54.7 Å². The quantitative estimate of drug-likeness (QED) is 0.184. The van der Waals surface area contributed by atoms with Gasteiger partial charge in [0.25, 0.3) is 11.8 Å². The van der Waals surface area contributed by atoms with Crippen molar-refractivity contribution in [1.82, 2.24) is 30.0 Å². The van der Waals surface area contributed by atoms with Crippen molar-refractivity contribution in [2.45, 2.75) is 18.9 Å². The molecular weight excluding hydrogens is 560 g/mol. The van der Waals surface area contributed by atoms with Gasteiger partial charge in [-0.15, -0.1) is 0 Å². The molecule has 1 atom stereocenters. The van der Waals surface area contributed by atoms with Gasteiger partial charge < -0.3 is 10.6 Å². The van der Waals surface area contributed by atoms with Gasteiger partial charge in [0.15, 0.2) is 0 Å². The average molecular weight is 587 g/mol. The normalized spacial score (nSPS) is 16.3. The van der Waals surface area contributed by atoms with Crippen LogP contribution in [0, 0.1) is 0 Å². The number of carbonyl (C=O) groups is 4. The Morgan fingerprint density at radius 1 is 0.818 bits per heavy atom. The molecule has 4 heterocycles. The SMILES string of the molecule is O=C1CCC(N2C(=O)c3ccc(NCCNc4cccc(-n5cc(-c6cnc7ccccc7n6)cn5)c4)cc3C2=O)C(=O)N1. The minimum atomic E-state index is -0.989. The zero-order valence-electron chi connectivity index (χ0n) is 23.4. The highest BCUT2D eigenvalue weighted by Crippen LogP contribution is 2.29. The van der Waals surface area contributed by atoms with Crippen molar-refractivity contribution in [3.8, 4) is 16.9 Å². The van der Waals surface area contributed by atoms with Crippen LogP contribution in [0.15, 0.2) is 85.3 Å². The first kappa shape index (κ1) is 27.0. The number of nitrogens with one attached hydrogen (secondary N) is 3. The van der Waals surface area contributed by atoms with Crippen molar-refractivity contribution in [1.29, 1.82) is 0 Å². The van der Waals surface area contributed by atoms with Crippen molar-refractivity contribution >= 4 is 46.0 Å². The Hall–Kier alpha value is -5.91. The Morgan fingerprint density at radius 2 is 1.59 bits per heavy atom. The number of carbonyl (C=O) groups excluding carboxylic acids is 4. The molecule has 1 fully saturated rings. The van der Waals surface area contributed by atoms with E-state index in [1.165, 1.54) is 0 Å². The molecule has 1 saturated heterocycles. The molecule has 5 aromatic rings. The molecule has 218 valence electrons. The van der Waals surface area contributed by atoms with E-state index in [0.717, 1.165) is 38.6 Å². The molecule has 0 spiro atoms. The number of rotatable bonds is 8. The van der Waals surface area contributed by atoms with E-state index in [1.54, 1.807) is 35.3 Å². The fourth-order valence-electron chi connectivity index (χ4n) is 5.45. The van der Waals surface area contributed by atoms with Gasteiger partial charge in [-0.1, -0.05) is 18.2 Å². The van der Waals surface area contributed by atoms with E-state index in [9.17, 15) is 19.2 Å². The predicted octanol–water partition coefficient (Wildman–Crippen LogP) is 3.41. The van der Waals surface area contributed by atoms with Gasteiger partial charge in [0.1, 0.15) is 6.04 Å². The minimum absolute atomic E-state index is 0.0794. The molecule has 0 saturated carbocycles. The molecule has 12 heteroatoms. The van der Waals surface area contributed by atoms with Crippen LogP contribution in [0.25, 0.3) is 28.0 Å². The minimum Gasteiger partial charge on any atom is -0.383 e. The van der Waals surface area contributed by atoms with Crippen LogP contribution in [0.2, 0.25) is 0 Å². The fourth-order valence-corrected chi connectivity index (χ4v) is 5.45. The second kappa shape index (κ2) is 11.1. The zero-order valence-corrected chi connectivity index (χ0v) is 23.4. The van der Waals surface area contributed by atoms with E-state index in [-0.39, 0.29) is 24.0 Å². The monoisotopic (exact) mass is 586 g/mol. The van der Waals surface area contributed by atoms with E-state index in [4.69, 9.17) is 4.98 Å². The van der Waals surface area contributed by atoms with Gasteiger partial charge in [0.05, 0.1) is 45.9 Å². The predicted molar refractivity (Wildman–Crippen MR) is 162 cm³/mol. The van der Waals surface area contributed by atoms with Crippen molar-refractivity contribution in [2.24, 2.45) is 0 Å². The van der Waals surface area contributed by atoms with Crippen LogP contribution in [-0.4, -0.2) is 67.4 Å². The Morgan fingerprint density at radius 3 is 2.41 bits per heavy atom. The van der Waals surface area contributed by atoms with E-state index in [0.29, 0.717) is 18.8 Å². The van der Waals surface area contributed by atoms with E-state index < -0.39 is 29.7 Å². The maximum absolute atomic E-state index is 13.1. The van der Waals surface area contributed by atoms with Crippen molar-refractivity contribution in [3.05, 3.63) is 96.4 Å². The van der Waals surface area contributed by atoms with Gasteiger partial charge in [-0.05, 0) is 55.0 Å². The number of imide groups is 2. The number of fused-ring (bicyclic) bond motifs is 2. The molecule has 12 nitrogen and oxygen atoms in total.